The largest absolute Gasteiger partial charge is 0.305 e. The minimum absolute atomic E-state index is 0.606. The monoisotopic (exact) mass is 94.0 g/mol. The molecule has 0 atom stereocenters. The van der Waals surface area contributed by atoms with Crippen molar-refractivity contribution in [2.75, 3.05) is 0 Å². The summed E-state index contributed by atoms with van der Waals surface area (Å²) in [7, 11) is 0. The lowest BCUT2D eigenvalue weighted by Crippen LogP contribution is -1.72. The first-order valence-corrected chi connectivity index (χ1v) is 1.92. The normalized spacial score (nSPS) is 10.9. The summed E-state index contributed by atoms with van der Waals surface area (Å²) >= 11 is 0. The summed E-state index contributed by atoms with van der Waals surface area (Å²) in [5.74, 6) is 0.606. The molecule has 0 amide bonds. The predicted octanol–water partition coefficient (Wildman–Crippen LogP) is -0.209. The van der Waals surface area contributed by atoms with Crippen LogP contribution in [-0.2, 0) is 0 Å². The summed E-state index contributed by atoms with van der Waals surface area (Å²) in [5, 5.41) is 7.25. The number of fused-ring (bicyclic) bond motifs is 2. The standard InChI is InChI=1S/C3H2N4/c1-2-5-3(4-1)7-6-2/h1H,(H,4,5,6,7). The third kappa shape index (κ3) is 0.231. The van der Waals surface area contributed by atoms with Gasteiger partial charge in [0.25, 0.3) is 0 Å². The van der Waals surface area contributed by atoms with Crippen molar-refractivity contribution < 1.29 is 0 Å². The number of rotatable bonds is 0. The molecule has 4 heteroatoms. The van der Waals surface area contributed by atoms with Gasteiger partial charge in [0.1, 0.15) is 0 Å². The number of hydrogen-bond donors (Lipinski definition) is 1. The molecule has 0 radical (unpaired) electrons. The maximum Gasteiger partial charge on any atom is 0.248 e. The molecule has 0 aromatic carbocycles. The number of nitrogens with one attached hydrogen (secondary N) is 1. The molecule has 0 unspecified atom stereocenters. The third-order valence-corrected chi connectivity index (χ3v) is 0.801. The number of H-pyrrole nitrogens is 1. The summed E-state index contributed by atoms with van der Waals surface area (Å²) in [5.41, 5.74) is 0.745. The van der Waals surface area contributed by atoms with E-state index in [-0.39, 0.29) is 0 Å². The van der Waals surface area contributed by atoms with Gasteiger partial charge in [-0.25, -0.2) is 4.98 Å². The van der Waals surface area contributed by atoms with Crippen molar-refractivity contribution in [2.45, 2.75) is 0 Å². The number of aromatic amines is 1. The molecule has 0 saturated heterocycles. The van der Waals surface area contributed by atoms with Crippen LogP contribution in [0.1, 0.15) is 0 Å². The highest BCUT2D eigenvalue weighted by atomic mass is 15.3. The first-order valence-electron chi connectivity index (χ1n) is 1.92. The molecule has 2 rings (SSSR count). The smallest absolute Gasteiger partial charge is 0.248 e. The molecule has 7 heavy (non-hydrogen) atoms. The van der Waals surface area contributed by atoms with Crippen LogP contribution in [0.15, 0.2) is 6.20 Å². The van der Waals surface area contributed by atoms with Crippen LogP contribution in [0.25, 0.3) is 11.4 Å². The predicted molar refractivity (Wildman–Crippen MR) is 22.9 cm³/mol. The van der Waals surface area contributed by atoms with Crippen molar-refractivity contribution >= 4 is 11.4 Å². The van der Waals surface area contributed by atoms with Crippen LogP contribution in [0.4, 0.5) is 0 Å². The first kappa shape index (κ1) is 2.90. The van der Waals surface area contributed by atoms with Crippen molar-refractivity contribution in [3.8, 4) is 0 Å². The van der Waals surface area contributed by atoms with Crippen LogP contribution in [0.5, 0.6) is 0 Å². The van der Waals surface area contributed by atoms with Gasteiger partial charge in [-0.15, -0.1) is 10.2 Å². The first-order chi connectivity index (χ1) is 3.45. The van der Waals surface area contributed by atoms with E-state index < -0.39 is 0 Å². The van der Waals surface area contributed by atoms with E-state index in [0.717, 1.165) is 5.65 Å². The lowest BCUT2D eigenvalue weighted by atomic mass is 10.9. The molecule has 2 aromatic rings. The van der Waals surface area contributed by atoms with E-state index in [9.17, 15) is 0 Å². The van der Waals surface area contributed by atoms with E-state index in [1.165, 1.54) is 0 Å². The number of aromatic nitrogens is 4. The minimum atomic E-state index is 0.606. The number of nitrogens with zero attached hydrogens (tertiary/aromatic N) is 3. The molecule has 2 heterocycles. The Morgan fingerprint density at radius 2 is 2.43 bits per heavy atom. The van der Waals surface area contributed by atoms with Crippen LogP contribution in [0.3, 0.4) is 0 Å². The average Bonchev–Trinajstić information content (AvgIpc) is 2.22. The zero-order valence-corrected chi connectivity index (χ0v) is 3.42. The van der Waals surface area contributed by atoms with Crippen LogP contribution in [-0.4, -0.2) is 20.2 Å². The Kier molecular flexibility index (Phi) is 0.300. The molecule has 1 N–H and O–H groups in total. The van der Waals surface area contributed by atoms with Crippen LogP contribution in [0.2, 0.25) is 0 Å². The van der Waals surface area contributed by atoms with E-state index in [4.69, 9.17) is 0 Å². The van der Waals surface area contributed by atoms with Gasteiger partial charge in [-0.2, -0.15) is 0 Å². The number of hydrogen-bond acceptors (Lipinski definition) is 3. The van der Waals surface area contributed by atoms with Gasteiger partial charge < -0.3 is 4.98 Å². The minimum Gasteiger partial charge on any atom is -0.305 e. The zero-order chi connectivity index (χ0) is 4.69. The molecule has 0 spiro atoms. The van der Waals surface area contributed by atoms with Crippen LogP contribution < -0.4 is 0 Å². The fraction of sp³-hybridized carbons (Fsp3) is 0. The highest BCUT2D eigenvalue weighted by Crippen LogP contribution is 1.93. The summed E-state index contributed by atoms with van der Waals surface area (Å²) in [6.45, 7) is 0. The second-order valence-corrected chi connectivity index (χ2v) is 1.29. The molecule has 2 bridgehead atoms. The molecular formula is C3H2N4. The molecule has 0 saturated carbocycles. The molecule has 0 aliphatic carbocycles. The molecule has 4 nitrogen and oxygen atoms in total. The lowest BCUT2D eigenvalue weighted by Gasteiger charge is -1.64. The maximum atomic E-state index is 3.79. The van der Waals surface area contributed by atoms with E-state index in [1.54, 1.807) is 6.20 Å². The van der Waals surface area contributed by atoms with Gasteiger partial charge in [-0.05, 0) is 0 Å². The van der Waals surface area contributed by atoms with E-state index in [2.05, 4.69) is 20.2 Å². The quantitative estimate of drug-likeness (QED) is 0.491. The van der Waals surface area contributed by atoms with Gasteiger partial charge in [-0.1, -0.05) is 0 Å². The Hall–Kier alpha value is -1.19. The summed E-state index contributed by atoms with van der Waals surface area (Å²) in [4.78, 5) is 6.59. The Balaban J connectivity index is 3.18. The van der Waals surface area contributed by atoms with Crippen molar-refractivity contribution in [3.05, 3.63) is 6.20 Å². The Morgan fingerprint density at radius 3 is 2.57 bits per heavy atom. The van der Waals surface area contributed by atoms with E-state index in [1.807, 2.05) is 0 Å². The third-order valence-electron chi connectivity index (χ3n) is 0.801. The van der Waals surface area contributed by atoms with Crippen molar-refractivity contribution in [1.29, 1.82) is 0 Å². The summed E-state index contributed by atoms with van der Waals surface area (Å²) in [6, 6.07) is 0. The maximum absolute atomic E-state index is 3.79. The molecule has 34 valence electrons. The molecule has 0 fully saturated rings. The Morgan fingerprint density at radius 1 is 1.43 bits per heavy atom. The van der Waals surface area contributed by atoms with E-state index >= 15 is 0 Å². The average molecular weight is 94.1 g/mol. The lowest BCUT2D eigenvalue weighted by molar-refractivity contribution is 1.10. The zero-order valence-electron chi connectivity index (χ0n) is 3.42. The van der Waals surface area contributed by atoms with Crippen molar-refractivity contribution in [3.63, 3.8) is 0 Å². The second kappa shape index (κ2) is 0.726. The summed E-state index contributed by atoms with van der Waals surface area (Å²) in [6.07, 6.45) is 1.64. The molecule has 0 aliphatic heterocycles. The molecule has 2 aromatic heterocycles. The number of imidazole rings is 1. The highest BCUT2D eigenvalue weighted by Gasteiger charge is 1.93. The topological polar surface area (TPSA) is 54.5 Å². The van der Waals surface area contributed by atoms with Gasteiger partial charge in [-0.3, -0.25) is 0 Å². The Bertz CT molecular complexity index is 203. The van der Waals surface area contributed by atoms with E-state index in [0.29, 0.717) is 5.78 Å². The Labute approximate surface area is 38.9 Å². The fourth-order valence-corrected chi connectivity index (χ4v) is 0.504. The highest BCUT2D eigenvalue weighted by molar-refractivity contribution is 5.43. The second-order valence-electron chi connectivity index (χ2n) is 1.29. The van der Waals surface area contributed by atoms with Gasteiger partial charge in [0.05, 0.1) is 6.20 Å². The summed E-state index contributed by atoms with van der Waals surface area (Å²) < 4.78 is 0. The van der Waals surface area contributed by atoms with Crippen molar-refractivity contribution in [2.24, 2.45) is 0 Å². The van der Waals surface area contributed by atoms with Crippen molar-refractivity contribution in [1.82, 2.24) is 20.2 Å². The molecule has 0 aliphatic rings. The van der Waals surface area contributed by atoms with Gasteiger partial charge in [0, 0.05) is 0 Å². The van der Waals surface area contributed by atoms with Crippen LogP contribution >= 0.6 is 0 Å². The van der Waals surface area contributed by atoms with Gasteiger partial charge in [0.2, 0.25) is 5.78 Å². The van der Waals surface area contributed by atoms with Crippen LogP contribution in [0, 0.1) is 0 Å². The molecular weight excluding hydrogens is 92.1 g/mol. The van der Waals surface area contributed by atoms with Gasteiger partial charge in [0.15, 0.2) is 5.65 Å². The SMILES string of the molecule is c1nc2nnc1[nH]2. The van der Waals surface area contributed by atoms with Gasteiger partial charge >= 0.3 is 0 Å². The fourth-order valence-electron chi connectivity index (χ4n) is 0.504.